The first-order valence-electron chi connectivity index (χ1n) is 11.0. The number of nitrogens with zero attached hydrogens (tertiary/aromatic N) is 2. The molecule has 1 aliphatic rings. The van der Waals surface area contributed by atoms with Crippen molar-refractivity contribution < 1.29 is 14.3 Å². The largest absolute Gasteiger partial charge is 0.497 e. The molecule has 2 atom stereocenters. The number of hydrogen-bond donors (Lipinski definition) is 2. The highest BCUT2D eigenvalue weighted by atomic mass is 16.5. The number of aromatic nitrogens is 1. The summed E-state index contributed by atoms with van der Waals surface area (Å²) in [6.45, 7) is 3.59. The number of ether oxygens (including phenoxy) is 1. The summed E-state index contributed by atoms with van der Waals surface area (Å²) in [5.41, 5.74) is 2.02. The fourth-order valence-corrected chi connectivity index (χ4v) is 4.28. The molecule has 2 N–H and O–H groups in total. The van der Waals surface area contributed by atoms with Gasteiger partial charge in [-0.05, 0) is 73.3 Å². The van der Waals surface area contributed by atoms with Crippen molar-refractivity contribution in [1.29, 1.82) is 0 Å². The molecule has 3 aromatic rings. The molecule has 4 rings (SSSR count). The summed E-state index contributed by atoms with van der Waals surface area (Å²) in [4.78, 5) is 6.65. The zero-order valence-corrected chi connectivity index (χ0v) is 18.0. The summed E-state index contributed by atoms with van der Waals surface area (Å²) in [5.74, 6) is 2.21. The number of likely N-dealkylation sites (tertiary alicyclic amines) is 1. The van der Waals surface area contributed by atoms with Crippen molar-refractivity contribution in [2.75, 3.05) is 33.3 Å². The molecule has 0 amide bonds. The highest BCUT2D eigenvalue weighted by molar-refractivity contribution is 5.83. The predicted molar refractivity (Wildman–Crippen MR) is 123 cm³/mol. The van der Waals surface area contributed by atoms with Crippen LogP contribution in [0.15, 0.2) is 59.4 Å². The zero-order valence-electron chi connectivity index (χ0n) is 18.0. The molecule has 0 saturated carbocycles. The third-order valence-corrected chi connectivity index (χ3v) is 5.93. The first kappa shape index (κ1) is 21.6. The van der Waals surface area contributed by atoms with Crippen molar-refractivity contribution in [2.24, 2.45) is 5.92 Å². The molecule has 3 heterocycles. The Morgan fingerprint density at radius 2 is 2.29 bits per heavy atom. The van der Waals surface area contributed by atoms with E-state index in [0.29, 0.717) is 12.3 Å². The summed E-state index contributed by atoms with van der Waals surface area (Å²) in [6.07, 6.45) is 9.94. The average molecular weight is 422 g/mol. The van der Waals surface area contributed by atoms with Gasteiger partial charge in [0, 0.05) is 37.6 Å². The van der Waals surface area contributed by atoms with E-state index in [0.717, 1.165) is 60.6 Å². The van der Waals surface area contributed by atoms with E-state index in [9.17, 15) is 5.11 Å². The van der Waals surface area contributed by atoms with E-state index < -0.39 is 6.23 Å². The van der Waals surface area contributed by atoms with Crippen LogP contribution in [0.1, 0.15) is 24.2 Å². The minimum Gasteiger partial charge on any atom is -0.497 e. The topological polar surface area (TPSA) is 70.8 Å². The van der Waals surface area contributed by atoms with Crippen molar-refractivity contribution >= 4 is 17.0 Å². The maximum absolute atomic E-state index is 11.0. The van der Waals surface area contributed by atoms with Crippen LogP contribution in [0.2, 0.25) is 0 Å². The zero-order chi connectivity index (χ0) is 21.5. The first-order valence-corrected chi connectivity index (χ1v) is 11.0. The van der Waals surface area contributed by atoms with Gasteiger partial charge in [-0.2, -0.15) is 0 Å². The summed E-state index contributed by atoms with van der Waals surface area (Å²) in [5, 5.41) is 15.5. The lowest BCUT2D eigenvalue weighted by atomic mass is 9.96. The van der Waals surface area contributed by atoms with Crippen molar-refractivity contribution in [2.45, 2.75) is 25.5 Å². The standard InChI is InChI=1S/C25H31N3O3/c1-30-22-8-9-24-23(16-22)20(10-12-27-24)15-25(29)28-13-3-5-19(18-28)17-26-11-2-6-21-7-4-14-31-21/h2,4,6-10,12,14,16,19,25-26,29H,3,5,11,13,15,17-18H2,1H3. The van der Waals surface area contributed by atoms with Crippen LogP contribution in [0.25, 0.3) is 17.0 Å². The molecule has 31 heavy (non-hydrogen) atoms. The molecule has 0 spiro atoms. The molecule has 164 valence electrons. The molecule has 0 radical (unpaired) electrons. The highest BCUT2D eigenvalue weighted by Gasteiger charge is 2.25. The summed E-state index contributed by atoms with van der Waals surface area (Å²) < 4.78 is 10.7. The lowest BCUT2D eigenvalue weighted by molar-refractivity contribution is -0.0204. The lowest BCUT2D eigenvalue weighted by Gasteiger charge is -2.36. The molecule has 1 aliphatic heterocycles. The molecule has 6 nitrogen and oxygen atoms in total. The minimum absolute atomic E-state index is 0.501. The molecule has 1 saturated heterocycles. The monoisotopic (exact) mass is 421 g/mol. The molecular weight excluding hydrogens is 390 g/mol. The maximum Gasteiger partial charge on any atom is 0.126 e. The summed E-state index contributed by atoms with van der Waals surface area (Å²) >= 11 is 0. The summed E-state index contributed by atoms with van der Waals surface area (Å²) in [6, 6.07) is 11.7. The minimum atomic E-state index is -0.501. The fraction of sp³-hybridized carbons (Fsp3) is 0.400. The number of nitrogens with one attached hydrogen (secondary N) is 1. The van der Waals surface area contributed by atoms with E-state index in [-0.39, 0.29) is 0 Å². The van der Waals surface area contributed by atoms with Gasteiger partial charge in [-0.1, -0.05) is 6.08 Å². The van der Waals surface area contributed by atoms with Gasteiger partial charge >= 0.3 is 0 Å². The van der Waals surface area contributed by atoms with Crippen LogP contribution in [0.5, 0.6) is 5.75 Å². The maximum atomic E-state index is 11.0. The molecule has 6 heteroatoms. The van der Waals surface area contributed by atoms with E-state index >= 15 is 0 Å². The Morgan fingerprint density at radius 1 is 1.35 bits per heavy atom. The lowest BCUT2D eigenvalue weighted by Crippen LogP contribution is -2.46. The van der Waals surface area contributed by atoms with Gasteiger partial charge in [0.05, 0.1) is 18.9 Å². The second-order valence-corrected chi connectivity index (χ2v) is 8.12. The number of benzene rings is 1. The van der Waals surface area contributed by atoms with Gasteiger partial charge in [0.2, 0.25) is 0 Å². The second kappa shape index (κ2) is 10.6. The number of hydrogen-bond acceptors (Lipinski definition) is 6. The third kappa shape index (κ3) is 5.73. The van der Waals surface area contributed by atoms with Crippen LogP contribution in [0.4, 0.5) is 0 Å². The average Bonchev–Trinajstić information content (AvgIpc) is 3.32. The van der Waals surface area contributed by atoms with Crippen LogP contribution >= 0.6 is 0 Å². The van der Waals surface area contributed by atoms with Crippen LogP contribution < -0.4 is 10.1 Å². The number of fused-ring (bicyclic) bond motifs is 1. The van der Waals surface area contributed by atoms with Crippen LogP contribution in [0.3, 0.4) is 0 Å². The van der Waals surface area contributed by atoms with Gasteiger partial charge < -0.3 is 19.6 Å². The first-order chi connectivity index (χ1) is 15.2. The third-order valence-electron chi connectivity index (χ3n) is 5.93. The van der Waals surface area contributed by atoms with Gasteiger partial charge in [0.25, 0.3) is 0 Å². The van der Waals surface area contributed by atoms with Gasteiger partial charge in [0.15, 0.2) is 0 Å². The van der Waals surface area contributed by atoms with Crippen molar-refractivity contribution in [3.05, 3.63) is 66.3 Å². The smallest absolute Gasteiger partial charge is 0.126 e. The highest BCUT2D eigenvalue weighted by Crippen LogP contribution is 2.25. The Labute approximate surface area is 183 Å². The molecule has 2 unspecified atom stereocenters. The molecule has 1 fully saturated rings. The quantitative estimate of drug-likeness (QED) is 0.513. The van der Waals surface area contributed by atoms with Crippen LogP contribution in [-0.4, -0.2) is 54.5 Å². The SMILES string of the molecule is COc1ccc2nccc(CC(O)N3CCCC(CNCC=Cc4ccco4)C3)c2c1. The Bertz CT molecular complexity index is 987. The van der Waals surface area contributed by atoms with E-state index in [1.54, 1.807) is 13.4 Å². The Kier molecular flexibility index (Phi) is 7.35. The molecule has 2 aromatic heterocycles. The number of pyridine rings is 1. The number of furan rings is 1. The van der Waals surface area contributed by atoms with Gasteiger partial charge in [-0.3, -0.25) is 9.88 Å². The number of aliphatic hydroxyl groups is 1. The fourth-order valence-electron chi connectivity index (χ4n) is 4.28. The Morgan fingerprint density at radius 3 is 3.13 bits per heavy atom. The van der Waals surface area contributed by atoms with Crippen LogP contribution in [-0.2, 0) is 6.42 Å². The van der Waals surface area contributed by atoms with Crippen molar-refractivity contribution in [1.82, 2.24) is 15.2 Å². The second-order valence-electron chi connectivity index (χ2n) is 8.12. The molecule has 0 bridgehead atoms. The van der Waals surface area contributed by atoms with Gasteiger partial charge in [-0.15, -0.1) is 0 Å². The van der Waals surface area contributed by atoms with E-state index in [1.807, 2.05) is 48.7 Å². The Hall–Kier alpha value is -2.67. The summed E-state index contributed by atoms with van der Waals surface area (Å²) in [7, 11) is 1.67. The number of piperidine rings is 1. The van der Waals surface area contributed by atoms with E-state index in [4.69, 9.17) is 9.15 Å². The van der Waals surface area contributed by atoms with Crippen molar-refractivity contribution in [3.63, 3.8) is 0 Å². The normalized spacial score (nSPS) is 18.6. The number of aliphatic hydroxyl groups excluding tert-OH is 1. The molecular formula is C25H31N3O3. The van der Waals surface area contributed by atoms with Crippen LogP contribution in [0, 0.1) is 5.92 Å². The number of methoxy groups -OCH3 is 1. The molecule has 1 aromatic carbocycles. The van der Waals surface area contributed by atoms with Gasteiger partial charge in [-0.25, -0.2) is 0 Å². The predicted octanol–water partition coefficient (Wildman–Crippen LogP) is 3.71. The van der Waals surface area contributed by atoms with E-state index in [2.05, 4.69) is 21.3 Å². The molecule has 0 aliphatic carbocycles. The van der Waals surface area contributed by atoms with Crippen molar-refractivity contribution in [3.8, 4) is 5.75 Å². The Balaban J connectivity index is 1.30. The van der Waals surface area contributed by atoms with Gasteiger partial charge in [0.1, 0.15) is 17.7 Å². The van der Waals surface area contributed by atoms with E-state index in [1.165, 1.54) is 6.42 Å². The number of rotatable bonds is 9.